The highest BCUT2D eigenvalue weighted by molar-refractivity contribution is 5.46. The highest BCUT2D eigenvalue weighted by Gasteiger charge is 2.24. The maximum absolute atomic E-state index is 5.99. The number of benzene rings is 1. The van der Waals surface area contributed by atoms with E-state index in [0.717, 1.165) is 38.2 Å². The molecule has 100 valence electrons. The third-order valence-corrected chi connectivity index (χ3v) is 3.78. The largest absolute Gasteiger partial charge is 0.399 e. The van der Waals surface area contributed by atoms with Gasteiger partial charge in [0.25, 0.3) is 0 Å². The van der Waals surface area contributed by atoms with Crippen molar-refractivity contribution in [2.45, 2.75) is 38.8 Å². The van der Waals surface area contributed by atoms with Crippen molar-refractivity contribution in [2.75, 3.05) is 25.4 Å². The number of anilines is 1. The van der Waals surface area contributed by atoms with Crippen molar-refractivity contribution in [3.63, 3.8) is 0 Å². The molecule has 2 N–H and O–H groups in total. The fourth-order valence-electron chi connectivity index (χ4n) is 2.59. The molecular formula is C15H24N2O. The van der Waals surface area contributed by atoms with Gasteiger partial charge in [-0.2, -0.15) is 0 Å². The van der Waals surface area contributed by atoms with Crippen molar-refractivity contribution >= 4 is 5.69 Å². The Morgan fingerprint density at radius 1 is 1.39 bits per heavy atom. The van der Waals surface area contributed by atoms with Crippen molar-refractivity contribution < 1.29 is 4.74 Å². The van der Waals surface area contributed by atoms with E-state index in [9.17, 15) is 0 Å². The van der Waals surface area contributed by atoms with E-state index in [2.05, 4.69) is 30.9 Å². The highest BCUT2D eigenvalue weighted by Crippen LogP contribution is 2.17. The lowest BCUT2D eigenvalue weighted by molar-refractivity contribution is -0.0552. The topological polar surface area (TPSA) is 38.5 Å². The smallest absolute Gasteiger partial charge is 0.0674 e. The van der Waals surface area contributed by atoms with Crippen LogP contribution in [-0.2, 0) is 11.2 Å². The fraction of sp³-hybridized carbons (Fsp3) is 0.600. The van der Waals surface area contributed by atoms with E-state index in [0.29, 0.717) is 12.1 Å². The maximum atomic E-state index is 5.99. The molecule has 1 fully saturated rings. The quantitative estimate of drug-likeness (QED) is 0.831. The van der Waals surface area contributed by atoms with Crippen LogP contribution >= 0.6 is 0 Å². The molecule has 0 aliphatic carbocycles. The average Bonchev–Trinajstić information content (AvgIpc) is 2.38. The van der Waals surface area contributed by atoms with Gasteiger partial charge in [0.2, 0.25) is 0 Å². The number of hydrogen-bond acceptors (Lipinski definition) is 3. The Balaban J connectivity index is 1.93. The molecule has 0 saturated carbocycles. The number of ether oxygens (including phenoxy) is 1. The Morgan fingerprint density at radius 3 is 2.89 bits per heavy atom. The SMILES string of the molecule is CCC1COC(C)CN1CCc1ccccc1N. The summed E-state index contributed by atoms with van der Waals surface area (Å²) in [6.07, 6.45) is 2.52. The molecule has 0 bridgehead atoms. The highest BCUT2D eigenvalue weighted by atomic mass is 16.5. The Hall–Kier alpha value is -1.06. The van der Waals surface area contributed by atoms with E-state index in [-0.39, 0.29) is 0 Å². The third kappa shape index (κ3) is 3.24. The number of nitrogens with zero attached hydrogens (tertiary/aromatic N) is 1. The number of nitrogen functional groups attached to an aromatic ring is 1. The average molecular weight is 248 g/mol. The van der Waals surface area contributed by atoms with Gasteiger partial charge >= 0.3 is 0 Å². The summed E-state index contributed by atoms with van der Waals surface area (Å²) in [6, 6.07) is 8.72. The second-order valence-corrected chi connectivity index (χ2v) is 5.15. The molecule has 2 unspecified atom stereocenters. The van der Waals surface area contributed by atoms with E-state index in [1.807, 2.05) is 12.1 Å². The minimum Gasteiger partial charge on any atom is -0.399 e. The van der Waals surface area contributed by atoms with Crippen molar-refractivity contribution in [1.82, 2.24) is 4.90 Å². The molecule has 0 spiro atoms. The van der Waals surface area contributed by atoms with Gasteiger partial charge in [0.05, 0.1) is 12.7 Å². The third-order valence-electron chi connectivity index (χ3n) is 3.78. The van der Waals surface area contributed by atoms with E-state index < -0.39 is 0 Å². The van der Waals surface area contributed by atoms with Gasteiger partial charge in [0.15, 0.2) is 0 Å². The van der Waals surface area contributed by atoms with Gasteiger partial charge in [-0.1, -0.05) is 25.1 Å². The van der Waals surface area contributed by atoms with Crippen LogP contribution in [0.4, 0.5) is 5.69 Å². The van der Waals surface area contributed by atoms with Crippen LogP contribution < -0.4 is 5.73 Å². The summed E-state index contributed by atoms with van der Waals surface area (Å²) in [7, 11) is 0. The molecule has 1 aliphatic heterocycles. The molecule has 1 aliphatic rings. The molecule has 1 aromatic rings. The first-order valence-corrected chi connectivity index (χ1v) is 6.89. The summed E-state index contributed by atoms with van der Waals surface area (Å²) in [5, 5.41) is 0. The molecule has 0 radical (unpaired) electrons. The molecule has 3 nitrogen and oxygen atoms in total. The number of rotatable bonds is 4. The molecule has 1 heterocycles. The zero-order chi connectivity index (χ0) is 13.0. The minimum atomic E-state index is 0.348. The Morgan fingerprint density at radius 2 is 2.17 bits per heavy atom. The van der Waals surface area contributed by atoms with E-state index in [1.54, 1.807) is 0 Å². The van der Waals surface area contributed by atoms with Gasteiger partial charge in [-0.3, -0.25) is 4.90 Å². The summed E-state index contributed by atoms with van der Waals surface area (Å²) in [5.41, 5.74) is 8.15. The molecule has 3 heteroatoms. The molecular weight excluding hydrogens is 224 g/mol. The van der Waals surface area contributed by atoms with E-state index in [1.165, 1.54) is 5.56 Å². The number of nitrogens with two attached hydrogens (primary N) is 1. The van der Waals surface area contributed by atoms with Crippen LogP contribution in [0.25, 0.3) is 0 Å². The van der Waals surface area contributed by atoms with Crippen molar-refractivity contribution in [3.05, 3.63) is 29.8 Å². The lowest BCUT2D eigenvalue weighted by atomic mass is 10.1. The van der Waals surface area contributed by atoms with Crippen LogP contribution in [0.15, 0.2) is 24.3 Å². The molecule has 1 saturated heterocycles. The van der Waals surface area contributed by atoms with Gasteiger partial charge in [-0.25, -0.2) is 0 Å². The van der Waals surface area contributed by atoms with Gasteiger partial charge in [-0.15, -0.1) is 0 Å². The van der Waals surface area contributed by atoms with Crippen LogP contribution in [0, 0.1) is 0 Å². The summed E-state index contributed by atoms with van der Waals surface area (Å²) >= 11 is 0. The van der Waals surface area contributed by atoms with Gasteiger partial charge in [0.1, 0.15) is 0 Å². The Kier molecular flexibility index (Phi) is 4.61. The minimum absolute atomic E-state index is 0.348. The number of para-hydroxylation sites is 1. The van der Waals surface area contributed by atoms with E-state index >= 15 is 0 Å². The molecule has 18 heavy (non-hydrogen) atoms. The van der Waals surface area contributed by atoms with Crippen LogP contribution in [0.5, 0.6) is 0 Å². The van der Waals surface area contributed by atoms with Crippen molar-refractivity contribution in [1.29, 1.82) is 0 Å². The summed E-state index contributed by atoms with van der Waals surface area (Å²) in [4.78, 5) is 2.54. The first-order chi connectivity index (χ1) is 8.70. The summed E-state index contributed by atoms with van der Waals surface area (Å²) in [5.74, 6) is 0. The molecule has 2 atom stereocenters. The lowest BCUT2D eigenvalue weighted by Crippen LogP contribution is -2.49. The fourth-order valence-corrected chi connectivity index (χ4v) is 2.59. The van der Waals surface area contributed by atoms with Crippen molar-refractivity contribution in [2.24, 2.45) is 0 Å². The van der Waals surface area contributed by atoms with Gasteiger partial charge in [-0.05, 0) is 31.4 Å². The van der Waals surface area contributed by atoms with Crippen molar-refractivity contribution in [3.8, 4) is 0 Å². The molecule has 0 aromatic heterocycles. The molecule has 0 amide bonds. The van der Waals surface area contributed by atoms with Crippen LogP contribution in [0.2, 0.25) is 0 Å². The zero-order valence-corrected chi connectivity index (χ0v) is 11.4. The second-order valence-electron chi connectivity index (χ2n) is 5.15. The Labute approximate surface area is 110 Å². The standard InChI is InChI=1S/C15H24N2O/c1-3-14-11-18-12(2)10-17(14)9-8-13-6-4-5-7-15(13)16/h4-7,12,14H,3,8-11,16H2,1-2H3. The predicted octanol–water partition coefficient (Wildman–Crippen LogP) is 2.31. The van der Waals surface area contributed by atoms with Crippen LogP contribution in [-0.4, -0.2) is 36.7 Å². The van der Waals surface area contributed by atoms with E-state index in [4.69, 9.17) is 10.5 Å². The summed E-state index contributed by atoms with van der Waals surface area (Å²) in [6.45, 7) is 7.34. The predicted molar refractivity (Wildman–Crippen MR) is 75.6 cm³/mol. The monoisotopic (exact) mass is 248 g/mol. The number of morpholine rings is 1. The molecule has 1 aromatic carbocycles. The van der Waals surface area contributed by atoms with Crippen LogP contribution in [0.1, 0.15) is 25.8 Å². The first kappa shape index (κ1) is 13.4. The Bertz CT molecular complexity index is 381. The second kappa shape index (κ2) is 6.21. The van der Waals surface area contributed by atoms with Gasteiger partial charge < -0.3 is 10.5 Å². The normalized spacial score (nSPS) is 25.2. The lowest BCUT2D eigenvalue weighted by Gasteiger charge is -2.38. The first-order valence-electron chi connectivity index (χ1n) is 6.89. The number of hydrogen-bond donors (Lipinski definition) is 1. The zero-order valence-electron chi connectivity index (χ0n) is 11.4. The maximum Gasteiger partial charge on any atom is 0.0674 e. The van der Waals surface area contributed by atoms with Gasteiger partial charge in [0, 0.05) is 24.8 Å². The summed E-state index contributed by atoms with van der Waals surface area (Å²) < 4.78 is 5.72. The van der Waals surface area contributed by atoms with Crippen LogP contribution in [0.3, 0.4) is 0 Å². The molecule has 2 rings (SSSR count).